The van der Waals surface area contributed by atoms with Crippen molar-refractivity contribution in [2.45, 2.75) is 82.5 Å². The molecule has 3 aliphatic rings. The van der Waals surface area contributed by atoms with Crippen LogP contribution in [0.2, 0.25) is 0 Å². The van der Waals surface area contributed by atoms with Crippen LogP contribution in [-0.2, 0) is 16.2 Å². The molecule has 0 saturated carbocycles. The summed E-state index contributed by atoms with van der Waals surface area (Å²) in [4.78, 5) is 0. The summed E-state index contributed by atoms with van der Waals surface area (Å²) in [6, 6.07) is 6.40. The Hall–Kier alpha value is -0.0600. The van der Waals surface area contributed by atoms with E-state index < -0.39 is 21.7 Å². The molecule has 0 unspecified atom stereocenters. The highest BCUT2D eigenvalue weighted by atomic mass is 79.9. The normalized spacial score (nSPS) is 28.5. The summed E-state index contributed by atoms with van der Waals surface area (Å²) >= 11 is 22.8. The molecule has 0 aliphatic heterocycles. The molecular weight excluding hydrogens is 912 g/mol. The lowest BCUT2D eigenvalue weighted by molar-refractivity contribution is 0.0533. The number of fused-ring (bicyclic) bond motifs is 9. The highest BCUT2D eigenvalue weighted by molar-refractivity contribution is 9.12. The van der Waals surface area contributed by atoms with Crippen molar-refractivity contribution in [1.82, 2.24) is 0 Å². The van der Waals surface area contributed by atoms with Gasteiger partial charge >= 0.3 is 0 Å². The molecule has 0 spiro atoms. The lowest BCUT2D eigenvalue weighted by Crippen LogP contribution is -2.54. The first kappa shape index (κ1) is 30.9. The summed E-state index contributed by atoms with van der Waals surface area (Å²) in [7, 11) is 0. The van der Waals surface area contributed by atoms with Crippen molar-refractivity contribution < 1.29 is 15.3 Å². The summed E-state index contributed by atoms with van der Waals surface area (Å²) in [5, 5.41) is 34.3. The maximum atomic E-state index is 11.4. The molecule has 3 atom stereocenters. The number of phenols is 3. The summed E-state index contributed by atoms with van der Waals surface area (Å²) < 4.78 is 4.06. The van der Waals surface area contributed by atoms with Crippen LogP contribution in [0.4, 0.5) is 0 Å². The van der Waals surface area contributed by atoms with Gasteiger partial charge in [-0.25, -0.2) is 0 Å². The Bertz CT molecular complexity index is 1480. The van der Waals surface area contributed by atoms with Crippen molar-refractivity contribution in [2.24, 2.45) is 5.41 Å². The van der Waals surface area contributed by atoms with Crippen LogP contribution < -0.4 is 0 Å². The minimum absolute atomic E-state index is 0.193. The molecule has 0 radical (unpaired) electrons. The van der Waals surface area contributed by atoms with Crippen molar-refractivity contribution in [2.75, 3.05) is 0 Å². The fraction of sp³-hybridized carbons (Fsp3) is 0.438. The van der Waals surface area contributed by atoms with Crippen molar-refractivity contribution in [1.29, 1.82) is 0 Å². The second kappa shape index (κ2) is 9.97. The fourth-order valence-electron chi connectivity index (χ4n) is 9.80. The quantitative estimate of drug-likeness (QED) is 0.231. The van der Waals surface area contributed by atoms with Crippen molar-refractivity contribution in [3.63, 3.8) is 0 Å². The Kier molecular flexibility index (Phi) is 7.52. The molecule has 0 bridgehead atoms. The van der Waals surface area contributed by atoms with Gasteiger partial charge in [0.15, 0.2) is 0 Å². The molecule has 41 heavy (non-hydrogen) atoms. The number of rotatable bonds is 6. The average Bonchev–Trinajstić information content (AvgIpc) is 3.32. The first-order chi connectivity index (χ1) is 19.3. The van der Waals surface area contributed by atoms with E-state index in [4.69, 9.17) is 0 Å². The number of aromatic hydroxyl groups is 3. The number of hydrogen-bond donors (Lipinski definition) is 3. The molecule has 0 fully saturated rings. The van der Waals surface area contributed by atoms with Gasteiger partial charge in [-0.05, 0) is 166 Å². The van der Waals surface area contributed by atoms with Gasteiger partial charge < -0.3 is 15.3 Å². The molecule has 3 aliphatic carbocycles. The molecule has 6 rings (SSSR count). The zero-order valence-corrected chi connectivity index (χ0v) is 32.6. The summed E-state index contributed by atoms with van der Waals surface area (Å²) in [5.41, 5.74) is 4.86. The van der Waals surface area contributed by atoms with E-state index >= 15 is 0 Å². The van der Waals surface area contributed by atoms with Gasteiger partial charge in [0.05, 0.1) is 26.8 Å². The van der Waals surface area contributed by atoms with Gasteiger partial charge in [0.1, 0.15) is 17.2 Å². The minimum atomic E-state index is -0.521. The average molecular weight is 942 g/mol. The third-order valence-electron chi connectivity index (χ3n) is 10.7. The molecule has 0 aromatic heterocycles. The third-order valence-corrected chi connectivity index (χ3v) is 14.8. The number of benzene rings is 3. The van der Waals surface area contributed by atoms with Gasteiger partial charge in [0.2, 0.25) is 0 Å². The summed E-state index contributed by atoms with van der Waals surface area (Å²) in [6.07, 6.45) is 5.31. The molecular formula is C32H30Br6O3. The first-order valence-corrected chi connectivity index (χ1v) is 18.7. The standard InChI is InChI=1S/C32H30Br6O3/c1-5-8-30-14-11-17(33)27(40)24(37)21(14)32(10-7-3)16-13-19(35)28(41)25(38)22(16)31(9-6-2,29(30,32)4)15-12-18(34)26(39)23(36)20(15)30/h11-13,39-41H,5-10H2,1-4H3/t29?,30-,31-,32-/m1/s1. The monoisotopic (exact) mass is 936 g/mol. The minimum Gasteiger partial charge on any atom is -0.506 e. The Labute approximate surface area is 291 Å². The molecule has 3 aromatic carbocycles. The number of hydrogen-bond acceptors (Lipinski definition) is 3. The van der Waals surface area contributed by atoms with Crippen LogP contribution in [0.5, 0.6) is 17.2 Å². The smallest absolute Gasteiger partial charge is 0.144 e. The van der Waals surface area contributed by atoms with Crippen LogP contribution in [0.15, 0.2) is 45.0 Å². The zero-order valence-electron chi connectivity index (χ0n) is 23.1. The Morgan fingerprint density at radius 3 is 0.976 bits per heavy atom. The predicted octanol–water partition coefficient (Wildman–Crippen LogP) is 12.0. The molecule has 218 valence electrons. The van der Waals surface area contributed by atoms with Crippen molar-refractivity contribution >= 4 is 95.6 Å². The van der Waals surface area contributed by atoms with E-state index in [1.165, 1.54) is 16.7 Å². The molecule has 0 amide bonds. The number of phenolic OH excluding ortho intramolecular Hbond substituents is 3. The second-order valence-corrected chi connectivity index (χ2v) is 16.9. The van der Waals surface area contributed by atoms with E-state index in [9.17, 15) is 15.3 Å². The lowest BCUT2D eigenvalue weighted by Gasteiger charge is -2.53. The van der Waals surface area contributed by atoms with Gasteiger partial charge in [-0.1, -0.05) is 47.0 Å². The highest BCUT2D eigenvalue weighted by Gasteiger charge is 2.84. The van der Waals surface area contributed by atoms with E-state index in [0.29, 0.717) is 26.8 Å². The maximum absolute atomic E-state index is 11.4. The molecule has 0 saturated heterocycles. The van der Waals surface area contributed by atoms with Gasteiger partial charge in [-0.2, -0.15) is 0 Å². The van der Waals surface area contributed by atoms with Crippen LogP contribution in [-0.4, -0.2) is 15.3 Å². The predicted molar refractivity (Wildman–Crippen MR) is 186 cm³/mol. The van der Waals surface area contributed by atoms with Gasteiger partial charge in [0.25, 0.3) is 0 Å². The number of halogens is 6. The van der Waals surface area contributed by atoms with E-state index in [0.717, 1.165) is 55.2 Å². The summed E-state index contributed by atoms with van der Waals surface area (Å²) in [6.45, 7) is 9.15. The molecule has 3 nitrogen and oxygen atoms in total. The van der Waals surface area contributed by atoms with E-state index in [1.54, 1.807) is 0 Å². The van der Waals surface area contributed by atoms with Crippen LogP contribution in [0.1, 0.15) is 99.6 Å². The first-order valence-electron chi connectivity index (χ1n) is 14.0. The Morgan fingerprint density at radius 1 is 0.512 bits per heavy atom. The fourth-order valence-corrected chi connectivity index (χ4v) is 14.2. The van der Waals surface area contributed by atoms with Crippen molar-refractivity contribution in [3.8, 4) is 17.2 Å². The van der Waals surface area contributed by atoms with Gasteiger partial charge in [-0.3, -0.25) is 0 Å². The largest absolute Gasteiger partial charge is 0.506 e. The highest BCUT2D eigenvalue weighted by Crippen LogP contribution is 2.87. The van der Waals surface area contributed by atoms with Crippen LogP contribution in [0.3, 0.4) is 0 Å². The van der Waals surface area contributed by atoms with Gasteiger partial charge in [-0.15, -0.1) is 0 Å². The molecule has 0 heterocycles. The Morgan fingerprint density at radius 2 is 0.756 bits per heavy atom. The van der Waals surface area contributed by atoms with Crippen LogP contribution in [0.25, 0.3) is 0 Å². The van der Waals surface area contributed by atoms with Crippen LogP contribution >= 0.6 is 95.6 Å². The van der Waals surface area contributed by atoms with E-state index in [-0.39, 0.29) is 17.2 Å². The van der Waals surface area contributed by atoms with E-state index in [2.05, 4.69) is 141 Å². The SMILES string of the molecule is CCC[C@@]12c3cc(Br)c(O)c(Br)c3[C@@]3(CCC)c4cc(Br)c(O)c(Br)c4[C@@](CCC)(c4cc(Br)c(O)c(Br)c41)C23C. The molecule has 3 N–H and O–H groups in total. The lowest BCUT2D eigenvalue weighted by atomic mass is 9.48. The zero-order chi connectivity index (χ0) is 30.0. The van der Waals surface area contributed by atoms with Crippen LogP contribution in [0, 0.1) is 5.41 Å². The molecule has 9 heteroatoms. The maximum Gasteiger partial charge on any atom is 0.144 e. The topological polar surface area (TPSA) is 60.7 Å². The summed E-state index contributed by atoms with van der Waals surface area (Å²) in [5.74, 6) is 0.580. The third kappa shape index (κ3) is 3.16. The second-order valence-electron chi connectivity index (χ2n) is 11.9. The van der Waals surface area contributed by atoms with Gasteiger partial charge in [0, 0.05) is 21.7 Å². The molecule has 3 aromatic rings. The Balaban J connectivity index is 2.03. The van der Waals surface area contributed by atoms with Crippen molar-refractivity contribution in [3.05, 3.63) is 78.4 Å². The van der Waals surface area contributed by atoms with E-state index in [1.807, 2.05) is 0 Å².